The summed E-state index contributed by atoms with van der Waals surface area (Å²) in [6, 6.07) is -0.993. The van der Waals surface area contributed by atoms with E-state index in [1.807, 2.05) is 0 Å². The fourth-order valence-electron chi connectivity index (χ4n) is 3.41. The number of thioether (sulfide) groups is 2. The number of carboxylic acids is 1. The number of nitrogens with one attached hydrogen (secondary N) is 1. The summed E-state index contributed by atoms with van der Waals surface area (Å²) in [5.74, 6) is -3.04. The molecule has 0 aliphatic carbocycles. The van der Waals surface area contributed by atoms with E-state index in [9.17, 15) is 29.4 Å². The number of aromatic hydroxyl groups is 1. The summed E-state index contributed by atoms with van der Waals surface area (Å²) in [6.45, 7) is 0. The summed E-state index contributed by atoms with van der Waals surface area (Å²) in [5.41, 5.74) is 4.94. The molecule has 2 atom stereocenters. The molecule has 2 aliphatic heterocycles. The zero-order valence-electron chi connectivity index (χ0n) is 18.6. The zero-order valence-corrected chi connectivity index (χ0v) is 21.0. The van der Waals surface area contributed by atoms with Crippen LogP contribution in [0.3, 0.4) is 0 Å². The van der Waals surface area contributed by atoms with Crippen molar-refractivity contribution in [1.29, 1.82) is 0 Å². The molecule has 2 amide bonds. The van der Waals surface area contributed by atoms with E-state index >= 15 is 0 Å². The average molecular weight is 603 g/mol. The third-order valence-electron chi connectivity index (χ3n) is 4.98. The minimum absolute atomic E-state index is 0. The number of hydrogen-bond acceptors (Lipinski definition) is 14. The molecule has 0 radical (unpaired) electrons. The van der Waals surface area contributed by atoms with Crippen molar-refractivity contribution < 1.29 is 29.4 Å². The quantitative estimate of drug-likeness (QED) is 0.0809. The number of nitrogen functional groups attached to an aromatic ring is 1. The van der Waals surface area contributed by atoms with Gasteiger partial charge in [0, 0.05) is 23.9 Å². The molecule has 0 aromatic carbocycles. The van der Waals surface area contributed by atoms with E-state index in [-0.39, 0.29) is 98.0 Å². The van der Waals surface area contributed by atoms with E-state index in [0.717, 1.165) is 28.0 Å². The molecule has 1 saturated heterocycles. The minimum atomic E-state index is -1.31. The first-order chi connectivity index (χ1) is 17.1. The molecule has 0 saturated carbocycles. The summed E-state index contributed by atoms with van der Waals surface area (Å²) in [5, 5.41) is 30.3. The summed E-state index contributed by atoms with van der Waals surface area (Å²) < 4.78 is 1.19. The van der Waals surface area contributed by atoms with Crippen LogP contribution in [-0.4, -0.2) is 148 Å². The number of carbonyl (C=O) groups excluding carboxylic acids is 2. The molecule has 38 heavy (non-hydrogen) atoms. The number of β-lactam (4-membered cyclic amide) rings is 1. The predicted octanol–water partition coefficient (Wildman–Crippen LogP) is -2.50. The first kappa shape index (κ1) is 32.6. The molecule has 15 nitrogen and oxygen atoms in total. The molecule has 0 unspecified atom stereocenters. The Balaban J connectivity index is 0.00000253. The summed E-state index contributed by atoms with van der Waals surface area (Å²) in [6.07, 6.45) is 0. The summed E-state index contributed by atoms with van der Waals surface area (Å²) in [7, 11) is 2.72. The van der Waals surface area contributed by atoms with Gasteiger partial charge in [-0.1, -0.05) is 16.9 Å². The Morgan fingerprint density at radius 2 is 2.05 bits per heavy atom. The Kier molecular flexibility index (Phi) is 11.7. The van der Waals surface area contributed by atoms with E-state index < -0.39 is 40.6 Å². The summed E-state index contributed by atoms with van der Waals surface area (Å²) >= 11 is 3.41. The number of oxime groups is 1. The van der Waals surface area contributed by atoms with Gasteiger partial charge in [0.2, 0.25) is 0 Å². The van der Waals surface area contributed by atoms with Gasteiger partial charge >= 0.3 is 70.6 Å². The van der Waals surface area contributed by atoms with Crippen molar-refractivity contribution in [2.75, 3.05) is 24.3 Å². The fraction of sp³-hybridized carbons (Fsp3) is 0.333. The van der Waals surface area contributed by atoms with Crippen molar-refractivity contribution in [1.82, 2.24) is 30.0 Å². The first-order valence-corrected chi connectivity index (χ1v) is 12.8. The van der Waals surface area contributed by atoms with Crippen molar-refractivity contribution >= 4 is 123 Å². The van der Waals surface area contributed by atoms with Gasteiger partial charge in [0.15, 0.2) is 16.0 Å². The van der Waals surface area contributed by atoms with Crippen molar-refractivity contribution in [3.05, 3.63) is 32.7 Å². The van der Waals surface area contributed by atoms with Crippen LogP contribution in [0.25, 0.3) is 0 Å². The van der Waals surface area contributed by atoms with Gasteiger partial charge in [-0.25, -0.2) is 14.5 Å². The number of aliphatic carboxylic acids is 1. The molecule has 4 heterocycles. The monoisotopic (exact) mass is 602 g/mol. The van der Waals surface area contributed by atoms with Gasteiger partial charge in [0.1, 0.15) is 29.9 Å². The number of nitrogens with two attached hydrogens (primary N) is 1. The zero-order chi connectivity index (χ0) is 26.1. The maximum absolute atomic E-state index is 12.9. The molecular weight excluding hydrogens is 582 g/mol. The predicted molar refractivity (Wildman–Crippen MR) is 144 cm³/mol. The number of amides is 2. The molecule has 2 aromatic heterocycles. The van der Waals surface area contributed by atoms with Crippen LogP contribution in [0.1, 0.15) is 5.69 Å². The standard InChI is InChI=1S/C18H18N8O7S3.2Na.2H/c1-25-18(22-12(28)13(29)23-25)36-4-6-3-34-15-9(14(30)26(15)10(6)16(31)32)21-11(27)8(24-33-2)7-5-35-17(19)20-7;;;;/h5,9,15H,3-4H2,1-2H3,(H2,19,20)(H,21,27)(H,23,29)(H,31,32);;;;/b24-8-;;;;/t9-,15-;;;;/m1..../s1. The van der Waals surface area contributed by atoms with Crippen molar-refractivity contribution in [3.8, 4) is 5.88 Å². The van der Waals surface area contributed by atoms with E-state index in [1.54, 1.807) is 0 Å². The number of carboxylic acid groups (broad SMARTS) is 1. The van der Waals surface area contributed by atoms with Gasteiger partial charge < -0.3 is 26.1 Å². The Morgan fingerprint density at radius 1 is 1.34 bits per heavy atom. The number of carbonyl (C=O) groups is 3. The Morgan fingerprint density at radius 3 is 2.66 bits per heavy atom. The van der Waals surface area contributed by atoms with Crippen LogP contribution >= 0.6 is 34.9 Å². The SMILES string of the molecule is CO/N=C(\C(=O)N[C@@H]1C(=O)N2C(C(=O)O)=C(CSc3nc(=O)c(O)nn3C)CS[C@H]12)c1csc(N)n1.[NaH].[NaH]. The molecule has 5 N–H and O–H groups in total. The molecular formula is C18H20N8Na2O7S3. The van der Waals surface area contributed by atoms with Gasteiger partial charge in [0.05, 0.1) is 0 Å². The molecule has 2 aromatic rings. The Bertz CT molecular complexity index is 1380. The van der Waals surface area contributed by atoms with Crippen LogP contribution in [0.2, 0.25) is 0 Å². The van der Waals surface area contributed by atoms with Gasteiger partial charge in [-0.05, 0) is 5.57 Å². The first-order valence-electron chi connectivity index (χ1n) is 9.92. The van der Waals surface area contributed by atoms with Crippen molar-refractivity contribution in [3.63, 3.8) is 0 Å². The number of thiazole rings is 1. The number of hydrogen-bond donors (Lipinski definition) is 4. The molecule has 1 fully saturated rings. The second-order valence-electron chi connectivity index (χ2n) is 7.25. The summed E-state index contributed by atoms with van der Waals surface area (Å²) in [4.78, 5) is 62.9. The number of aromatic nitrogens is 4. The Labute approximate surface area is 271 Å². The average Bonchev–Trinajstić information content (AvgIpc) is 3.27. The van der Waals surface area contributed by atoms with E-state index in [1.165, 1.54) is 36.0 Å². The number of anilines is 1. The van der Waals surface area contributed by atoms with E-state index in [2.05, 4.69) is 25.5 Å². The Hall–Kier alpha value is -1.64. The molecule has 0 spiro atoms. The molecule has 4 rings (SSSR count). The normalized spacial score (nSPS) is 18.5. The van der Waals surface area contributed by atoms with Crippen LogP contribution in [-0.2, 0) is 26.3 Å². The second kappa shape index (κ2) is 13.6. The van der Waals surface area contributed by atoms with Crippen LogP contribution < -0.4 is 16.6 Å². The van der Waals surface area contributed by atoms with Crippen molar-refractivity contribution in [2.24, 2.45) is 12.2 Å². The van der Waals surface area contributed by atoms with Crippen molar-refractivity contribution in [2.45, 2.75) is 16.6 Å². The molecule has 20 heteroatoms. The van der Waals surface area contributed by atoms with Crippen LogP contribution in [0.15, 0.2) is 31.8 Å². The number of nitrogens with zero attached hydrogens (tertiary/aromatic N) is 6. The number of aryl methyl sites for hydroxylation is 1. The second-order valence-corrected chi connectivity index (χ2v) is 10.2. The maximum atomic E-state index is 12.9. The van der Waals surface area contributed by atoms with Gasteiger partial charge in [-0.3, -0.25) is 19.3 Å². The number of rotatable bonds is 8. The third kappa shape index (κ3) is 6.56. The van der Waals surface area contributed by atoms with Crippen LogP contribution in [0.5, 0.6) is 5.88 Å². The number of fused-ring (bicyclic) bond motifs is 1. The van der Waals surface area contributed by atoms with Crippen LogP contribution in [0, 0.1) is 0 Å². The topological polar surface area (TPSA) is 215 Å². The fourth-order valence-corrected chi connectivity index (χ4v) is 6.35. The molecule has 2 aliphatic rings. The van der Waals surface area contributed by atoms with E-state index in [0.29, 0.717) is 5.57 Å². The van der Waals surface area contributed by atoms with Gasteiger partial charge in [0.25, 0.3) is 17.7 Å². The van der Waals surface area contributed by atoms with Crippen LogP contribution in [0.4, 0.5) is 5.13 Å². The van der Waals surface area contributed by atoms with E-state index in [4.69, 9.17) is 10.6 Å². The molecule has 194 valence electrons. The third-order valence-corrected chi connectivity index (χ3v) is 8.10. The molecule has 0 bridgehead atoms. The van der Waals surface area contributed by atoms with Gasteiger partial charge in [-0.15, -0.1) is 28.2 Å². The van der Waals surface area contributed by atoms with Gasteiger partial charge in [-0.2, -0.15) is 4.98 Å².